The van der Waals surface area contributed by atoms with Gasteiger partial charge in [-0.3, -0.25) is 0 Å². The highest BCUT2D eigenvalue weighted by atomic mass is 16.4. The molecule has 0 saturated heterocycles. The fourth-order valence-electron chi connectivity index (χ4n) is 3.21. The molecule has 1 aromatic heterocycles. The van der Waals surface area contributed by atoms with Crippen LogP contribution in [0.1, 0.15) is 65.3 Å². The quantitative estimate of drug-likeness (QED) is 0.736. The molecule has 0 atom stereocenters. The van der Waals surface area contributed by atoms with Crippen molar-refractivity contribution in [3.05, 3.63) is 22.5 Å². The Hall–Kier alpha value is -1.29. The summed E-state index contributed by atoms with van der Waals surface area (Å²) >= 11 is 0. The van der Waals surface area contributed by atoms with E-state index in [0.717, 1.165) is 36.3 Å². The molecule has 0 amide bonds. The maximum atomic E-state index is 11.4. The highest BCUT2D eigenvalue weighted by Crippen LogP contribution is 2.36. The Morgan fingerprint density at radius 2 is 1.94 bits per heavy atom. The molecule has 1 aliphatic carbocycles. The normalized spacial score (nSPS) is 20.5. The second-order valence-corrected chi connectivity index (χ2v) is 5.11. The molecule has 0 bridgehead atoms. The van der Waals surface area contributed by atoms with Crippen molar-refractivity contribution in [3.8, 4) is 0 Å². The summed E-state index contributed by atoms with van der Waals surface area (Å²) in [4.78, 5) is 14.8. The van der Waals surface area contributed by atoms with E-state index in [1.54, 1.807) is 0 Å². The average molecular weight is 234 g/mol. The lowest BCUT2D eigenvalue weighted by atomic mass is 9.85. The van der Waals surface area contributed by atoms with Crippen LogP contribution in [-0.4, -0.2) is 16.1 Å². The topological polar surface area (TPSA) is 65.1 Å². The number of carbonyl (C=O) groups is 1. The van der Waals surface area contributed by atoms with Gasteiger partial charge >= 0.3 is 5.97 Å². The zero-order valence-electron chi connectivity index (χ0n) is 9.88. The van der Waals surface area contributed by atoms with Gasteiger partial charge in [0.2, 0.25) is 0 Å². The summed E-state index contributed by atoms with van der Waals surface area (Å²) < 4.78 is 0. The van der Waals surface area contributed by atoms with Crippen molar-refractivity contribution < 1.29 is 9.90 Å². The maximum Gasteiger partial charge on any atom is 0.337 e. The first-order chi connectivity index (χ1) is 8.27. The Morgan fingerprint density at radius 3 is 2.65 bits per heavy atom. The minimum absolute atomic E-state index is 0.431. The van der Waals surface area contributed by atoms with Gasteiger partial charge in [0.15, 0.2) is 0 Å². The molecule has 1 aromatic rings. The Labute approximate surface area is 100 Å². The minimum Gasteiger partial charge on any atom is -0.478 e. The Balaban J connectivity index is 2.00. The summed E-state index contributed by atoms with van der Waals surface area (Å²) in [6, 6.07) is 0. The van der Waals surface area contributed by atoms with Gasteiger partial charge in [0.05, 0.1) is 5.56 Å². The largest absolute Gasteiger partial charge is 0.478 e. The zero-order valence-corrected chi connectivity index (χ0v) is 9.88. The van der Waals surface area contributed by atoms with Gasteiger partial charge in [-0.05, 0) is 18.8 Å². The minimum atomic E-state index is -0.772. The third kappa shape index (κ3) is 1.76. The monoisotopic (exact) mass is 234 g/mol. The summed E-state index contributed by atoms with van der Waals surface area (Å²) in [5.74, 6) is -0.341. The van der Waals surface area contributed by atoms with E-state index in [1.165, 1.54) is 19.3 Å². The zero-order chi connectivity index (χ0) is 11.8. The van der Waals surface area contributed by atoms with Gasteiger partial charge in [-0.25, -0.2) is 4.79 Å². The van der Waals surface area contributed by atoms with Crippen LogP contribution < -0.4 is 5.32 Å². The molecule has 2 aliphatic rings. The lowest BCUT2D eigenvalue weighted by molar-refractivity contribution is 0.0693. The van der Waals surface area contributed by atoms with Crippen molar-refractivity contribution in [2.24, 2.45) is 0 Å². The molecule has 1 aliphatic heterocycles. The van der Waals surface area contributed by atoms with Crippen LogP contribution in [0.4, 0.5) is 0 Å². The van der Waals surface area contributed by atoms with E-state index in [9.17, 15) is 9.90 Å². The predicted octanol–water partition coefficient (Wildman–Crippen LogP) is 2.36. The van der Waals surface area contributed by atoms with E-state index in [-0.39, 0.29) is 0 Å². The Kier molecular flexibility index (Phi) is 2.67. The molecular formula is C13H18N2O2. The molecule has 4 nitrogen and oxygen atoms in total. The van der Waals surface area contributed by atoms with Crippen LogP contribution >= 0.6 is 0 Å². The number of aromatic nitrogens is 1. The summed E-state index contributed by atoms with van der Waals surface area (Å²) in [7, 11) is 0. The molecule has 3 N–H and O–H groups in total. The number of nitrogens with one attached hydrogen (secondary N) is 2. The molecule has 0 aromatic carbocycles. The molecule has 0 unspecified atom stereocenters. The van der Waals surface area contributed by atoms with Crippen LogP contribution in [0.5, 0.6) is 0 Å². The van der Waals surface area contributed by atoms with Gasteiger partial charge in [-0.2, -0.15) is 0 Å². The number of hydrogen-bond donors (Lipinski definition) is 3. The number of carboxylic acid groups (broad SMARTS) is 1. The highest BCUT2D eigenvalue weighted by molar-refractivity contribution is 5.91. The van der Waals surface area contributed by atoms with Crippen molar-refractivity contribution in [3.63, 3.8) is 0 Å². The van der Waals surface area contributed by atoms with Gasteiger partial charge < -0.3 is 15.4 Å². The van der Waals surface area contributed by atoms with Crippen LogP contribution in [0, 0.1) is 0 Å². The van der Waals surface area contributed by atoms with Crippen LogP contribution in [0.25, 0.3) is 0 Å². The smallest absolute Gasteiger partial charge is 0.337 e. The number of aromatic amines is 1. The van der Waals surface area contributed by atoms with Crippen molar-refractivity contribution in [2.45, 2.75) is 51.1 Å². The van der Waals surface area contributed by atoms with Gasteiger partial charge in [-0.1, -0.05) is 19.3 Å². The number of rotatable bonds is 2. The van der Waals surface area contributed by atoms with E-state index < -0.39 is 5.97 Å². The Morgan fingerprint density at radius 1 is 1.18 bits per heavy atom. The molecule has 2 heterocycles. The summed E-state index contributed by atoms with van der Waals surface area (Å²) in [6.45, 7) is 1.47. The van der Waals surface area contributed by atoms with Crippen LogP contribution in [0.3, 0.4) is 0 Å². The maximum absolute atomic E-state index is 11.4. The molecule has 0 spiro atoms. The van der Waals surface area contributed by atoms with E-state index in [0.29, 0.717) is 18.0 Å². The Bertz CT molecular complexity index is 445. The lowest BCUT2D eigenvalue weighted by Gasteiger charge is -2.21. The van der Waals surface area contributed by atoms with Gasteiger partial charge in [-0.15, -0.1) is 0 Å². The van der Waals surface area contributed by atoms with Crippen molar-refractivity contribution in [1.29, 1.82) is 0 Å². The standard InChI is InChI=1S/C13H18N2O2/c16-13(17)11-9-6-14-7-10(9)15-12(11)8-4-2-1-3-5-8/h8,14-15H,1-7H2,(H,16,17). The first-order valence-corrected chi connectivity index (χ1v) is 6.45. The average Bonchev–Trinajstić information content (AvgIpc) is 2.88. The summed E-state index contributed by atoms with van der Waals surface area (Å²) in [5, 5.41) is 12.6. The highest BCUT2D eigenvalue weighted by Gasteiger charge is 2.29. The van der Waals surface area contributed by atoms with Crippen LogP contribution in [-0.2, 0) is 13.1 Å². The molecular weight excluding hydrogens is 216 g/mol. The fourth-order valence-corrected chi connectivity index (χ4v) is 3.21. The van der Waals surface area contributed by atoms with E-state index >= 15 is 0 Å². The number of H-pyrrole nitrogens is 1. The first kappa shape index (κ1) is 10.8. The summed E-state index contributed by atoms with van der Waals surface area (Å²) in [6.07, 6.45) is 6.01. The second kappa shape index (κ2) is 4.18. The van der Waals surface area contributed by atoms with Crippen LogP contribution in [0.2, 0.25) is 0 Å². The van der Waals surface area contributed by atoms with E-state index in [4.69, 9.17) is 0 Å². The molecule has 4 heteroatoms. The first-order valence-electron chi connectivity index (χ1n) is 6.45. The molecule has 1 saturated carbocycles. The SMILES string of the molecule is O=C(O)c1c(C2CCCCC2)[nH]c2c1CNC2. The molecule has 0 radical (unpaired) electrons. The predicted molar refractivity (Wildman–Crippen MR) is 64.1 cm³/mol. The number of carboxylic acids is 1. The van der Waals surface area contributed by atoms with Gasteiger partial charge in [0.1, 0.15) is 0 Å². The molecule has 17 heavy (non-hydrogen) atoms. The molecule has 1 fully saturated rings. The van der Waals surface area contributed by atoms with Crippen molar-refractivity contribution in [2.75, 3.05) is 0 Å². The van der Waals surface area contributed by atoms with Crippen molar-refractivity contribution >= 4 is 5.97 Å². The summed E-state index contributed by atoms with van der Waals surface area (Å²) in [5.41, 5.74) is 3.61. The number of hydrogen-bond acceptors (Lipinski definition) is 2. The van der Waals surface area contributed by atoms with Gasteiger partial charge in [0, 0.05) is 30.0 Å². The van der Waals surface area contributed by atoms with Crippen molar-refractivity contribution in [1.82, 2.24) is 10.3 Å². The van der Waals surface area contributed by atoms with E-state index in [1.807, 2.05) is 0 Å². The van der Waals surface area contributed by atoms with E-state index in [2.05, 4.69) is 10.3 Å². The van der Waals surface area contributed by atoms with Crippen LogP contribution in [0.15, 0.2) is 0 Å². The third-order valence-electron chi connectivity index (χ3n) is 4.05. The number of fused-ring (bicyclic) bond motifs is 1. The number of aromatic carboxylic acids is 1. The molecule has 3 rings (SSSR count). The third-order valence-corrected chi connectivity index (χ3v) is 4.05. The lowest BCUT2D eigenvalue weighted by Crippen LogP contribution is -2.13. The fraction of sp³-hybridized carbons (Fsp3) is 0.615. The van der Waals surface area contributed by atoms with Gasteiger partial charge in [0.25, 0.3) is 0 Å². The second-order valence-electron chi connectivity index (χ2n) is 5.11. The molecule has 92 valence electrons.